The second-order valence-electron chi connectivity index (χ2n) is 7.98. The number of aromatic nitrogens is 3. The average molecular weight is 469 g/mol. The van der Waals surface area contributed by atoms with Gasteiger partial charge >= 0.3 is 11.7 Å². The minimum atomic E-state index is -0.737. The normalized spacial score (nSPS) is 16.4. The second-order valence-corrected chi connectivity index (χ2v) is 9.04. The molecule has 1 amide bonds. The van der Waals surface area contributed by atoms with E-state index in [-0.39, 0.29) is 24.0 Å². The molecule has 3 aromatic rings. The molecule has 2 aromatic heterocycles. The van der Waals surface area contributed by atoms with E-state index in [4.69, 9.17) is 9.72 Å². The molecule has 172 valence electrons. The molecular weight excluding hydrogens is 444 g/mol. The molecule has 1 saturated heterocycles. The summed E-state index contributed by atoms with van der Waals surface area (Å²) in [5, 5.41) is 1.02. The van der Waals surface area contributed by atoms with Crippen molar-refractivity contribution in [2.75, 3.05) is 19.7 Å². The van der Waals surface area contributed by atoms with Crippen LogP contribution in [0.3, 0.4) is 0 Å². The summed E-state index contributed by atoms with van der Waals surface area (Å²) in [6.07, 6.45) is 5.51. The third kappa shape index (κ3) is 4.95. The standard InChI is InChI=1S/C23H24N4O5S/c1-25-12-16(22(30)26(2)23(25)31)9-10-20(29)32-14-19(28)27-11-5-6-15(13-27)21-24-17-7-3-4-8-18(17)33-21/h3-4,7-10,12,15H,5-6,11,13-14H2,1-2H3/b10-9+. The fourth-order valence-corrected chi connectivity index (χ4v) is 4.94. The molecule has 10 heteroatoms. The monoisotopic (exact) mass is 468 g/mol. The highest BCUT2D eigenvalue weighted by atomic mass is 32.1. The van der Waals surface area contributed by atoms with Crippen LogP contribution in [-0.2, 0) is 28.4 Å². The Morgan fingerprint density at radius 1 is 1.24 bits per heavy atom. The number of esters is 1. The van der Waals surface area contributed by atoms with Gasteiger partial charge in [-0.05, 0) is 31.1 Å². The number of benzene rings is 1. The number of hydrogen-bond acceptors (Lipinski definition) is 7. The number of thiazole rings is 1. The Balaban J connectivity index is 1.34. The highest BCUT2D eigenvalue weighted by Crippen LogP contribution is 2.32. The Bertz CT molecular complexity index is 1320. The van der Waals surface area contributed by atoms with Crippen molar-refractivity contribution in [2.45, 2.75) is 18.8 Å². The molecule has 0 bridgehead atoms. The number of rotatable bonds is 5. The van der Waals surface area contributed by atoms with Gasteiger partial charge in [-0.3, -0.25) is 14.2 Å². The van der Waals surface area contributed by atoms with E-state index in [0.29, 0.717) is 13.1 Å². The van der Waals surface area contributed by atoms with Crippen LogP contribution in [0.2, 0.25) is 0 Å². The van der Waals surface area contributed by atoms with Crippen LogP contribution < -0.4 is 11.2 Å². The second kappa shape index (κ2) is 9.53. The number of para-hydroxylation sites is 1. The number of likely N-dealkylation sites (tertiary alicyclic amines) is 1. The highest BCUT2D eigenvalue weighted by molar-refractivity contribution is 7.18. The van der Waals surface area contributed by atoms with E-state index in [1.807, 2.05) is 24.3 Å². The predicted molar refractivity (Wildman–Crippen MR) is 125 cm³/mol. The van der Waals surface area contributed by atoms with Crippen LogP contribution in [-0.4, -0.2) is 50.6 Å². The van der Waals surface area contributed by atoms with Gasteiger partial charge < -0.3 is 14.2 Å². The predicted octanol–water partition coefficient (Wildman–Crippen LogP) is 1.66. The lowest BCUT2D eigenvalue weighted by Crippen LogP contribution is -2.41. The van der Waals surface area contributed by atoms with E-state index in [1.54, 1.807) is 16.2 Å². The lowest BCUT2D eigenvalue weighted by atomic mass is 9.99. The number of nitrogens with zero attached hydrogens (tertiary/aromatic N) is 4. The fraction of sp³-hybridized carbons (Fsp3) is 0.348. The van der Waals surface area contributed by atoms with Crippen LogP contribution in [0.5, 0.6) is 0 Å². The van der Waals surface area contributed by atoms with Crippen LogP contribution in [0, 0.1) is 0 Å². The zero-order chi connectivity index (χ0) is 23.5. The fourth-order valence-electron chi connectivity index (χ4n) is 3.85. The number of aryl methyl sites for hydroxylation is 1. The summed E-state index contributed by atoms with van der Waals surface area (Å²) in [5.41, 5.74) is 0.149. The van der Waals surface area contributed by atoms with Gasteiger partial charge in [-0.1, -0.05) is 12.1 Å². The minimum Gasteiger partial charge on any atom is -0.452 e. The largest absolute Gasteiger partial charge is 0.452 e. The van der Waals surface area contributed by atoms with Gasteiger partial charge in [-0.15, -0.1) is 11.3 Å². The van der Waals surface area contributed by atoms with Crippen molar-refractivity contribution < 1.29 is 14.3 Å². The third-order valence-electron chi connectivity index (χ3n) is 5.64. The summed E-state index contributed by atoms with van der Waals surface area (Å²) in [4.78, 5) is 55.0. The van der Waals surface area contributed by atoms with E-state index in [2.05, 4.69) is 0 Å². The first-order valence-electron chi connectivity index (χ1n) is 10.6. The van der Waals surface area contributed by atoms with Gasteiger partial charge in [0.25, 0.3) is 11.5 Å². The molecule has 33 heavy (non-hydrogen) atoms. The Morgan fingerprint density at radius 3 is 2.82 bits per heavy atom. The molecule has 9 nitrogen and oxygen atoms in total. The molecule has 0 aliphatic carbocycles. The van der Waals surface area contributed by atoms with Gasteiger partial charge in [-0.25, -0.2) is 14.6 Å². The van der Waals surface area contributed by atoms with Crippen molar-refractivity contribution in [1.82, 2.24) is 19.0 Å². The number of carbonyl (C=O) groups excluding carboxylic acids is 2. The Morgan fingerprint density at radius 2 is 2.03 bits per heavy atom. The minimum absolute atomic E-state index is 0.164. The summed E-state index contributed by atoms with van der Waals surface area (Å²) >= 11 is 1.65. The first-order chi connectivity index (χ1) is 15.8. The van der Waals surface area contributed by atoms with Crippen molar-refractivity contribution in [1.29, 1.82) is 0 Å². The quantitative estimate of drug-likeness (QED) is 0.417. The first kappa shape index (κ1) is 22.7. The summed E-state index contributed by atoms with van der Waals surface area (Å²) < 4.78 is 8.41. The van der Waals surface area contributed by atoms with Gasteiger partial charge in [0.05, 0.1) is 20.8 Å². The smallest absolute Gasteiger partial charge is 0.331 e. The molecule has 0 radical (unpaired) electrons. The topological polar surface area (TPSA) is 104 Å². The van der Waals surface area contributed by atoms with E-state index in [1.165, 1.54) is 30.9 Å². The van der Waals surface area contributed by atoms with E-state index < -0.39 is 17.2 Å². The van der Waals surface area contributed by atoms with Crippen molar-refractivity contribution in [3.8, 4) is 0 Å². The molecule has 0 N–H and O–H groups in total. The average Bonchev–Trinajstić information content (AvgIpc) is 3.27. The SMILES string of the molecule is Cn1cc(/C=C/C(=O)OCC(=O)N2CCCC(c3nc4ccccc4s3)C2)c(=O)n(C)c1=O. The molecule has 1 atom stereocenters. The molecule has 0 spiro atoms. The number of fused-ring (bicyclic) bond motifs is 1. The Labute approximate surface area is 193 Å². The number of hydrogen-bond donors (Lipinski definition) is 0. The van der Waals surface area contributed by atoms with Crippen LogP contribution >= 0.6 is 11.3 Å². The van der Waals surface area contributed by atoms with Crippen LogP contribution in [0.1, 0.15) is 29.3 Å². The zero-order valence-corrected chi connectivity index (χ0v) is 19.2. The van der Waals surface area contributed by atoms with Gasteiger partial charge in [0.15, 0.2) is 6.61 Å². The zero-order valence-electron chi connectivity index (χ0n) is 18.4. The number of ether oxygens (including phenoxy) is 1. The number of piperidine rings is 1. The van der Waals surface area contributed by atoms with E-state index >= 15 is 0 Å². The van der Waals surface area contributed by atoms with E-state index in [9.17, 15) is 19.2 Å². The molecule has 1 aromatic carbocycles. The molecule has 1 aliphatic rings. The van der Waals surface area contributed by atoms with Gasteiger partial charge in [0.1, 0.15) is 0 Å². The number of carbonyl (C=O) groups is 2. The summed E-state index contributed by atoms with van der Waals surface area (Å²) in [7, 11) is 2.87. The van der Waals surface area contributed by atoms with Crippen molar-refractivity contribution >= 4 is 39.5 Å². The lowest BCUT2D eigenvalue weighted by molar-refractivity contribution is -0.148. The maximum atomic E-state index is 12.6. The maximum Gasteiger partial charge on any atom is 0.331 e. The lowest BCUT2D eigenvalue weighted by Gasteiger charge is -2.31. The Kier molecular flexibility index (Phi) is 6.55. The molecule has 1 fully saturated rings. The first-order valence-corrected chi connectivity index (χ1v) is 11.4. The van der Waals surface area contributed by atoms with Crippen molar-refractivity contribution in [3.63, 3.8) is 0 Å². The molecule has 0 saturated carbocycles. The number of amides is 1. The summed E-state index contributed by atoms with van der Waals surface area (Å²) in [6.45, 7) is 0.781. The summed E-state index contributed by atoms with van der Waals surface area (Å²) in [6, 6.07) is 7.97. The van der Waals surface area contributed by atoms with Gasteiger partial charge in [-0.2, -0.15) is 0 Å². The van der Waals surface area contributed by atoms with Crippen molar-refractivity contribution in [3.05, 3.63) is 67.9 Å². The van der Waals surface area contributed by atoms with Gasteiger partial charge in [0, 0.05) is 45.4 Å². The third-order valence-corrected chi connectivity index (χ3v) is 6.84. The van der Waals surface area contributed by atoms with Crippen molar-refractivity contribution in [2.24, 2.45) is 14.1 Å². The molecule has 1 unspecified atom stereocenters. The molecular formula is C23H24N4O5S. The van der Waals surface area contributed by atoms with Crippen LogP contribution in [0.25, 0.3) is 16.3 Å². The van der Waals surface area contributed by atoms with Crippen LogP contribution in [0.15, 0.2) is 46.1 Å². The molecule has 4 rings (SSSR count). The molecule has 1 aliphatic heterocycles. The molecule has 3 heterocycles. The maximum absolute atomic E-state index is 12.6. The highest BCUT2D eigenvalue weighted by Gasteiger charge is 2.27. The Hall–Kier alpha value is -3.53. The van der Waals surface area contributed by atoms with Gasteiger partial charge in [0.2, 0.25) is 0 Å². The van der Waals surface area contributed by atoms with Crippen LogP contribution in [0.4, 0.5) is 0 Å². The van der Waals surface area contributed by atoms with E-state index in [0.717, 1.165) is 38.7 Å². The summed E-state index contributed by atoms with van der Waals surface area (Å²) in [5.74, 6) is -0.837.